The molecule has 1 unspecified atom stereocenters. The second-order valence-electron chi connectivity index (χ2n) is 3.54. The largest absolute Gasteiger partial charge is 0.464 e. The summed E-state index contributed by atoms with van der Waals surface area (Å²) in [6.45, 7) is 2.86. The fourth-order valence-electron chi connectivity index (χ4n) is 1.68. The van der Waals surface area contributed by atoms with E-state index < -0.39 is 0 Å². The zero-order chi connectivity index (χ0) is 9.97. The molecule has 2 aromatic rings. The van der Waals surface area contributed by atoms with Gasteiger partial charge in [-0.2, -0.15) is 0 Å². The summed E-state index contributed by atoms with van der Waals surface area (Å²) < 4.78 is 5.44. The van der Waals surface area contributed by atoms with Crippen molar-refractivity contribution in [3.05, 3.63) is 30.3 Å². The molecule has 3 nitrogen and oxygen atoms in total. The molecule has 0 fully saturated rings. The van der Waals surface area contributed by atoms with Gasteiger partial charge in [0, 0.05) is 23.3 Å². The van der Waals surface area contributed by atoms with Crippen LogP contribution < -0.4 is 5.73 Å². The minimum Gasteiger partial charge on any atom is -0.464 e. The Morgan fingerprint density at radius 3 is 3.21 bits per heavy atom. The summed E-state index contributed by atoms with van der Waals surface area (Å²) in [5, 5.41) is 1.11. The summed E-state index contributed by atoms with van der Waals surface area (Å²) in [4.78, 5) is 4.10. The van der Waals surface area contributed by atoms with Gasteiger partial charge in [0.05, 0.1) is 6.26 Å². The molecule has 0 spiro atoms. The molecular formula is C11H14N2O. The van der Waals surface area contributed by atoms with Crippen molar-refractivity contribution in [2.75, 3.05) is 6.54 Å². The molecule has 1 atom stereocenters. The van der Waals surface area contributed by atoms with Crippen molar-refractivity contribution < 1.29 is 4.42 Å². The Kier molecular flexibility index (Phi) is 2.50. The van der Waals surface area contributed by atoms with Crippen molar-refractivity contribution in [2.45, 2.75) is 19.3 Å². The summed E-state index contributed by atoms with van der Waals surface area (Å²) in [6.07, 6.45) is 6.38. The number of hydrogen-bond donors (Lipinski definition) is 1. The number of aromatic nitrogens is 1. The van der Waals surface area contributed by atoms with Crippen LogP contribution in [0.3, 0.4) is 0 Å². The van der Waals surface area contributed by atoms with Crippen LogP contribution in [0.25, 0.3) is 11.0 Å². The van der Waals surface area contributed by atoms with E-state index in [2.05, 4.69) is 11.9 Å². The number of rotatable bonds is 3. The number of nitrogens with two attached hydrogens (primary N) is 1. The first-order chi connectivity index (χ1) is 6.83. The Bertz CT molecular complexity index is 422. The highest BCUT2D eigenvalue weighted by Crippen LogP contribution is 2.28. The fourth-order valence-corrected chi connectivity index (χ4v) is 1.68. The van der Waals surface area contributed by atoms with Crippen LogP contribution in [0, 0.1) is 0 Å². The van der Waals surface area contributed by atoms with Crippen LogP contribution >= 0.6 is 0 Å². The van der Waals surface area contributed by atoms with E-state index in [1.54, 1.807) is 6.20 Å². The van der Waals surface area contributed by atoms with Crippen molar-refractivity contribution in [3.8, 4) is 0 Å². The molecule has 2 rings (SSSR count). The van der Waals surface area contributed by atoms with Crippen molar-refractivity contribution in [1.29, 1.82) is 0 Å². The first kappa shape index (κ1) is 9.21. The monoisotopic (exact) mass is 190 g/mol. The Hall–Kier alpha value is -1.35. The maximum Gasteiger partial charge on any atom is 0.137 e. The van der Waals surface area contributed by atoms with Gasteiger partial charge in [-0.1, -0.05) is 6.92 Å². The standard InChI is InChI=1S/C11H14N2O/c1-8(2-4-12)10-7-14-11-3-5-13-6-9(10)11/h3,5-8H,2,4,12H2,1H3. The molecule has 2 heterocycles. The van der Waals surface area contributed by atoms with Gasteiger partial charge in [-0.15, -0.1) is 0 Å². The fraction of sp³-hybridized carbons (Fsp3) is 0.364. The van der Waals surface area contributed by atoms with Gasteiger partial charge in [0.25, 0.3) is 0 Å². The molecule has 0 radical (unpaired) electrons. The van der Waals surface area contributed by atoms with E-state index >= 15 is 0 Å². The summed E-state index contributed by atoms with van der Waals surface area (Å²) >= 11 is 0. The highest BCUT2D eigenvalue weighted by Gasteiger charge is 2.11. The second kappa shape index (κ2) is 3.80. The lowest BCUT2D eigenvalue weighted by atomic mass is 9.98. The molecule has 0 aromatic carbocycles. The van der Waals surface area contributed by atoms with Crippen molar-refractivity contribution in [1.82, 2.24) is 4.98 Å². The SMILES string of the molecule is CC(CCN)c1coc2ccncc12. The zero-order valence-corrected chi connectivity index (χ0v) is 8.23. The lowest BCUT2D eigenvalue weighted by Gasteiger charge is -2.06. The minimum absolute atomic E-state index is 0.436. The van der Waals surface area contributed by atoms with Crippen molar-refractivity contribution in [2.24, 2.45) is 5.73 Å². The molecule has 0 bridgehead atoms. The summed E-state index contributed by atoms with van der Waals surface area (Å²) in [7, 11) is 0. The van der Waals surface area contributed by atoms with Gasteiger partial charge in [-0.25, -0.2) is 0 Å². The third-order valence-electron chi connectivity index (χ3n) is 2.54. The van der Waals surface area contributed by atoms with E-state index in [4.69, 9.17) is 10.2 Å². The van der Waals surface area contributed by atoms with Crippen LogP contribution in [0.5, 0.6) is 0 Å². The predicted octanol–water partition coefficient (Wildman–Crippen LogP) is 2.28. The quantitative estimate of drug-likeness (QED) is 0.807. The third kappa shape index (κ3) is 1.51. The molecule has 74 valence electrons. The summed E-state index contributed by atoms with van der Waals surface area (Å²) in [5.74, 6) is 0.436. The van der Waals surface area contributed by atoms with E-state index in [0.29, 0.717) is 12.5 Å². The lowest BCUT2D eigenvalue weighted by Crippen LogP contribution is -2.03. The van der Waals surface area contributed by atoms with E-state index in [9.17, 15) is 0 Å². The molecule has 0 saturated carbocycles. The molecule has 0 aliphatic carbocycles. The lowest BCUT2D eigenvalue weighted by molar-refractivity contribution is 0.597. The first-order valence-electron chi connectivity index (χ1n) is 4.84. The Morgan fingerprint density at radius 1 is 1.57 bits per heavy atom. The average molecular weight is 190 g/mol. The maximum atomic E-state index is 5.53. The topological polar surface area (TPSA) is 52.0 Å². The number of nitrogens with zero attached hydrogens (tertiary/aromatic N) is 1. The van der Waals surface area contributed by atoms with Gasteiger partial charge in [0.15, 0.2) is 0 Å². The number of fused-ring (bicyclic) bond motifs is 1. The Labute approximate surface area is 82.9 Å². The number of hydrogen-bond acceptors (Lipinski definition) is 3. The van der Waals surface area contributed by atoms with Crippen LogP contribution in [0.2, 0.25) is 0 Å². The Balaban J connectivity index is 2.42. The average Bonchev–Trinajstić information content (AvgIpc) is 2.61. The van der Waals surface area contributed by atoms with Gasteiger partial charge in [0.2, 0.25) is 0 Å². The minimum atomic E-state index is 0.436. The van der Waals surface area contributed by atoms with Gasteiger partial charge >= 0.3 is 0 Å². The third-order valence-corrected chi connectivity index (χ3v) is 2.54. The van der Waals surface area contributed by atoms with Crippen LogP contribution in [0.1, 0.15) is 24.8 Å². The van der Waals surface area contributed by atoms with E-state index in [-0.39, 0.29) is 0 Å². The predicted molar refractivity (Wildman–Crippen MR) is 56.1 cm³/mol. The van der Waals surface area contributed by atoms with Crippen LogP contribution in [-0.2, 0) is 0 Å². The first-order valence-corrected chi connectivity index (χ1v) is 4.84. The molecule has 0 aliphatic rings. The molecule has 3 heteroatoms. The van der Waals surface area contributed by atoms with E-state index in [1.807, 2.05) is 18.5 Å². The van der Waals surface area contributed by atoms with Crippen LogP contribution in [0.4, 0.5) is 0 Å². The van der Waals surface area contributed by atoms with Crippen LogP contribution in [-0.4, -0.2) is 11.5 Å². The zero-order valence-electron chi connectivity index (χ0n) is 8.23. The van der Waals surface area contributed by atoms with Gasteiger partial charge in [-0.3, -0.25) is 4.98 Å². The number of furan rings is 1. The maximum absolute atomic E-state index is 5.53. The van der Waals surface area contributed by atoms with E-state index in [0.717, 1.165) is 17.4 Å². The van der Waals surface area contributed by atoms with Crippen LogP contribution in [0.15, 0.2) is 29.1 Å². The Morgan fingerprint density at radius 2 is 2.43 bits per heavy atom. The summed E-state index contributed by atoms with van der Waals surface area (Å²) in [5.41, 5.74) is 7.64. The van der Waals surface area contributed by atoms with E-state index in [1.165, 1.54) is 5.56 Å². The van der Waals surface area contributed by atoms with Crippen molar-refractivity contribution >= 4 is 11.0 Å². The normalized spacial score (nSPS) is 13.3. The smallest absolute Gasteiger partial charge is 0.137 e. The molecule has 0 amide bonds. The van der Waals surface area contributed by atoms with Gasteiger partial charge in [0.1, 0.15) is 5.58 Å². The van der Waals surface area contributed by atoms with Gasteiger partial charge < -0.3 is 10.2 Å². The summed E-state index contributed by atoms with van der Waals surface area (Å²) in [6, 6.07) is 1.88. The second-order valence-corrected chi connectivity index (χ2v) is 3.54. The number of pyridine rings is 1. The van der Waals surface area contributed by atoms with Crippen molar-refractivity contribution in [3.63, 3.8) is 0 Å². The van der Waals surface area contributed by atoms with Gasteiger partial charge in [-0.05, 0) is 24.9 Å². The molecule has 0 aliphatic heterocycles. The molecule has 0 saturated heterocycles. The molecule has 14 heavy (non-hydrogen) atoms. The highest BCUT2D eigenvalue weighted by atomic mass is 16.3. The molecular weight excluding hydrogens is 176 g/mol. The molecule has 2 N–H and O–H groups in total. The highest BCUT2D eigenvalue weighted by molar-refractivity contribution is 5.80. The molecule has 2 aromatic heterocycles.